The molecule has 0 heterocycles. The fourth-order valence-electron chi connectivity index (χ4n) is 1.35. The summed E-state index contributed by atoms with van der Waals surface area (Å²) in [4.78, 5) is 11.2. The summed E-state index contributed by atoms with van der Waals surface area (Å²) in [6.07, 6.45) is -0.0965. The zero-order chi connectivity index (χ0) is 13.7. The van der Waals surface area contributed by atoms with Crippen LogP contribution in [0.1, 0.15) is 19.4 Å². The molecule has 2 atom stereocenters. The lowest BCUT2D eigenvalue weighted by Gasteiger charge is -2.16. The van der Waals surface area contributed by atoms with Crippen molar-refractivity contribution in [2.75, 3.05) is 6.54 Å². The molecule has 0 spiro atoms. The molecule has 0 saturated heterocycles. The standard InChI is InChI=1S/C13H17BrClNO2/c1-8-6-11(4-5-12(8)15)18-9(2)7-16-13(17)10(3)14/h4-6,9-10H,7H2,1-3H3,(H,16,17). The van der Waals surface area contributed by atoms with Gasteiger partial charge in [-0.15, -0.1) is 0 Å². The van der Waals surface area contributed by atoms with Gasteiger partial charge in [0, 0.05) is 5.02 Å². The van der Waals surface area contributed by atoms with Crippen LogP contribution in [0.25, 0.3) is 0 Å². The highest BCUT2D eigenvalue weighted by atomic mass is 79.9. The SMILES string of the molecule is Cc1cc(OC(C)CNC(=O)C(C)Br)ccc1Cl. The Morgan fingerprint density at radius 3 is 2.72 bits per heavy atom. The summed E-state index contributed by atoms with van der Waals surface area (Å²) in [6, 6.07) is 5.51. The molecule has 3 nitrogen and oxygen atoms in total. The van der Waals surface area contributed by atoms with E-state index in [1.165, 1.54) is 0 Å². The van der Waals surface area contributed by atoms with Gasteiger partial charge in [-0.3, -0.25) is 4.79 Å². The lowest BCUT2D eigenvalue weighted by Crippen LogP contribution is -2.36. The lowest BCUT2D eigenvalue weighted by molar-refractivity contribution is -0.120. The quantitative estimate of drug-likeness (QED) is 0.839. The summed E-state index contributed by atoms with van der Waals surface area (Å²) in [5.74, 6) is 0.711. The van der Waals surface area contributed by atoms with Crippen LogP contribution in [0.15, 0.2) is 18.2 Å². The number of hydrogen-bond acceptors (Lipinski definition) is 2. The molecule has 0 aliphatic heterocycles. The van der Waals surface area contributed by atoms with E-state index in [-0.39, 0.29) is 16.8 Å². The van der Waals surface area contributed by atoms with Gasteiger partial charge in [-0.1, -0.05) is 27.5 Å². The molecule has 0 fully saturated rings. The zero-order valence-electron chi connectivity index (χ0n) is 10.7. The maximum Gasteiger partial charge on any atom is 0.233 e. The molecule has 1 aromatic carbocycles. The monoisotopic (exact) mass is 333 g/mol. The first-order chi connectivity index (χ1) is 8.40. The number of carbonyl (C=O) groups excluding carboxylic acids is 1. The molecule has 0 bridgehead atoms. The van der Waals surface area contributed by atoms with Gasteiger partial charge in [-0.25, -0.2) is 0 Å². The Labute approximate surface area is 121 Å². The Bertz CT molecular complexity index is 423. The van der Waals surface area contributed by atoms with E-state index in [4.69, 9.17) is 16.3 Å². The van der Waals surface area contributed by atoms with Crippen molar-refractivity contribution < 1.29 is 9.53 Å². The van der Waals surface area contributed by atoms with Crippen LogP contribution in [0.3, 0.4) is 0 Å². The number of alkyl halides is 1. The van der Waals surface area contributed by atoms with Gasteiger partial charge >= 0.3 is 0 Å². The van der Waals surface area contributed by atoms with Gasteiger partial charge in [0.2, 0.25) is 5.91 Å². The fraction of sp³-hybridized carbons (Fsp3) is 0.462. The molecular formula is C13H17BrClNO2. The molecule has 0 aliphatic carbocycles. The third-order valence-corrected chi connectivity index (χ3v) is 3.23. The summed E-state index contributed by atoms with van der Waals surface area (Å²) in [5.41, 5.74) is 0.972. The Balaban J connectivity index is 2.47. The summed E-state index contributed by atoms with van der Waals surface area (Å²) < 4.78 is 5.69. The number of amides is 1. The molecule has 5 heteroatoms. The maximum atomic E-state index is 11.4. The Kier molecular flexibility index (Phi) is 5.96. The van der Waals surface area contributed by atoms with Crippen molar-refractivity contribution in [3.63, 3.8) is 0 Å². The summed E-state index contributed by atoms with van der Waals surface area (Å²) in [6.45, 7) is 6.08. The lowest BCUT2D eigenvalue weighted by atomic mass is 10.2. The van der Waals surface area contributed by atoms with Gasteiger partial charge in [0.25, 0.3) is 0 Å². The highest BCUT2D eigenvalue weighted by Gasteiger charge is 2.11. The Hall–Kier alpha value is -0.740. The van der Waals surface area contributed by atoms with E-state index in [2.05, 4.69) is 21.2 Å². The van der Waals surface area contributed by atoms with Crippen molar-refractivity contribution in [3.05, 3.63) is 28.8 Å². The molecule has 100 valence electrons. The molecule has 0 saturated carbocycles. The predicted octanol–water partition coefficient (Wildman–Crippen LogP) is 3.32. The van der Waals surface area contributed by atoms with E-state index < -0.39 is 0 Å². The van der Waals surface area contributed by atoms with Crippen LogP contribution in [0.2, 0.25) is 5.02 Å². The molecule has 0 radical (unpaired) electrons. The minimum atomic E-state index is -0.192. The van der Waals surface area contributed by atoms with Gasteiger partial charge in [0.05, 0.1) is 11.4 Å². The molecule has 1 rings (SSSR count). The van der Waals surface area contributed by atoms with E-state index in [9.17, 15) is 4.79 Å². The predicted molar refractivity (Wildman–Crippen MR) is 77.7 cm³/mol. The molecule has 1 amide bonds. The average molecular weight is 335 g/mol. The molecule has 2 unspecified atom stereocenters. The van der Waals surface area contributed by atoms with Crippen LogP contribution in [0.5, 0.6) is 5.75 Å². The molecule has 18 heavy (non-hydrogen) atoms. The molecule has 0 aromatic heterocycles. The van der Waals surface area contributed by atoms with Gasteiger partial charge in [-0.05, 0) is 44.5 Å². The molecular weight excluding hydrogens is 318 g/mol. The van der Waals surface area contributed by atoms with Crippen LogP contribution < -0.4 is 10.1 Å². The van der Waals surface area contributed by atoms with Gasteiger partial charge < -0.3 is 10.1 Å². The Morgan fingerprint density at radius 2 is 2.17 bits per heavy atom. The van der Waals surface area contributed by atoms with Crippen LogP contribution in [0, 0.1) is 6.92 Å². The van der Waals surface area contributed by atoms with Gasteiger partial charge in [0.1, 0.15) is 11.9 Å². The van der Waals surface area contributed by atoms with E-state index >= 15 is 0 Å². The summed E-state index contributed by atoms with van der Waals surface area (Å²) in [5, 5.41) is 3.51. The number of benzene rings is 1. The first-order valence-electron chi connectivity index (χ1n) is 5.74. The first-order valence-corrected chi connectivity index (χ1v) is 7.04. The highest BCUT2D eigenvalue weighted by Crippen LogP contribution is 2.21. The maximum absolute atomic E-state index is 11.4. The summed E-state index contributed by atoms with van der Waals surface area (Å²) in [7, 11) is 0. The minimum absolute atomic E-state index is 0.0438. The minimum Gasteiger partial charge on any atom is -0.489 e. The van der Waals surface area contributed by atoms with Gasteiger partial charge in [0.15, 0.2) is 0 Å². The largest absolute Gasteiger partial charge is 0.489 e. The highest BCUT2D eigenvalue weighted by molar-refractivity contribution is 9.10. The van der Waals surface area contributed by atoms with Crippen molar-refractivity contribution in [1.29, 1.82) is 0 Å². The number of nitrogens with one attached hydrogen (secondary N) is 1. The van der Waals surface area contributed by atoms with Crippen LogP contribution in [-0.4, -0.2) is 23.4 Å². The third-order valence-electron chi connectivity index (χ3n) is 2.39. The number of hydrogen-bond donors (Lipinski definition) is 1. The zero-order valence-corrected chi connectivity index (χ0v) is 13.0. The van der Waals surface area contributed by atoms with Crippen molar-refractivity contribution >= 4 is 33.4 Å². The van der Waals surface area contributed by atoms with Crippen molar-refractivity contribution in [1.82, 2.24) is 5.32 Å². The van der Waals surface area contributed by atoms with E-state index in [0.717, 1.165) is 16.3 Å². The van der Waals surface area contributed by atoms with E-state index in [0.29, 0.717) is 6.54 Å². The van der Waals surface area contributed by atoms with Crippen LogP contribution >= 0.6 is 27.5 Å². The van der Waals surface area contributed by atoms with Crippen molar-refractivity contribution in [2.24, 2.45) is 0 Å². The second-order valence-corrected chi connectivity index (χ2v) is 5.98. The third kappa shape index (κ3) is 4.86. The molecule has 0 aliphatic rings. The van der Waals surface area contributed by atoms with E-state index in [1.807, 2.05) is 26.0 Å². The number of aryl methyl sites for hydroxylation is 1. The number of rotatable bonds is 5. The average Bonchev–Trinajstić information content (AvgIpc) is 2.30. The van der Waals surface area contributed by atoms with Crippen molar-refractivity contribution in [2.45, 2.75) is 31.7 Å². The molecule has 1 N–H and O–H groups in total. The first kappa shape index (κ1) is 15.3. The number of carbonyl (C=O) groups is 1. The van der Waals surface area contributed by atoms with Crippen molar-refractivity contribution in [3.8, 4) is 5.75 Å². The number of halogens is 2. The second-order valence-electron chi connectivity index (χ2n) is 4.20. The van der Waals surface area contributed by atoms with Crippen LogP contribution in [-0.2, 0) is 4.79 Å². The van der Waals surface area contributed by atoms with Crippen LogP contribution in [0.4, 0.5) is 0 Å². The van der Waals surface area contributed by atoms with Gasteiger partial charge in [-0.2, -0.15) is 0 Å². The Morgan fingerprint density at radius 1 is 1.50 bits per heavy atom. The fourth-order valence-corrected chi connectivity index (χ4v) is 1.63. The topological polar surface area (TPSA) is 38.3 Å². The normalized spacial score (nSPS) is 13.8. The molecule has 1 aromatic rings. The smallest absolute Gasteiger partial charge is 0.233 e. The van der Waals surface area contributed by atoms with E-state index in [1.54, 1.807) is 13.0 Å². The summed E-state index contributed by atoms with van der Waals surface area (Å²) >= 11 is 9.14. The second kappa shape index (κ2) is 7.00. The number of ether oxygens (including phenoxy) is 1.